The van der Waals surface area contributed by atoms with Crippen LogP contribution in [0.5, 0.6) is 5.75 Å². The number of nitrogens with zero attached hydrogens (tertiary/aromatic N) is 1. The van der Waals surface area contributed by atoms with E-state index < -0.39 is 21.6 Å². The molecule has 0 amide bonds. The lowest BCUT2D eigenvalue weighted by atomic mass is 10.2. The third kappa shape index (κ3) is 4.91. The van der Waals surface area contributed by atoms with E-state index in [9.17, 15) is 18.0 Å². The van der Waals surface area contributed by atoms with Gasteiger partial charge in [-0.3, -0.25) is 0 Å². The minimum Gasteiger partial charge on any atom is -0.423 e. The first kappa shape index (κ1) is 21.0. The lowest BCUT2D eigenvalue weighted by Gasteiger charge is -2.26. The molecule has 1 aliphatic heterocycles. The Morgan fingerprint density at radius 3 is 2.45 bits per heavy atom. The molecule has 0 saturated carbocycles. The van der Waals surface area contributed by atoms with Gasteiger partial charge >= 0.3 is 11.6 Å². The Hall–Kier alpha value is -3.27. The first-order valence-electron chi connectivity index (χ1n) is 9.54. The lowest BCUT2D eigenvalue weighted by Crippen LogP contribution is -2.40. The molecule has 1 aromatic heterocycles. The van der Waals surface area contributed by atoms with Gasteiger partial charge in [0.1, 0.15) is 11.3 Å². The Morgan fingerprint density at radius 2 is 1.71 bits per heavy atom. The van der Waals surface area contributed by atoms with E-state index in [-0.39, 0.29) is 10.6 Å². The highest BCUT2D eigenvalue weighted by molar-refractivity contribution is 7.89. The summed E-state index contributed by atoms with van der Waals surface area (Å²) in [7, 11) is -3.57. The Balaban J connectivity index is 1.42. The van der Waals surface area contributed by atoms with Gasteiger partial charge in [0.2, 0.25) is 10.0 Å². The summed E-state index contributed by atoms with van der Waals surface area (Å²) < 4.78 is 42.2. The molecule has 8 nitrogen and oxygen atoms in total. The number of sulfonamides is 1. The van der Waals surface area contributed by atoms with Gasteiger partial charge in [0.05, 0.1) is 18.1 Å². The summed E-state index contributed by atoms with van der Waals surface area (Å²) in [5.74, 6) is -0.383. The number of carbonyl (C=O) groups is 1. The lowest BCUT2D eigenvalue weighted by molar-refractivity contribution is -0.128. The second kappa shape index (κ2) is 8.84. The predicted octanol–water partition coefficient (Wildman–Crippen LogP) is 2.43. The smallest absolute Gasteiger partial charge is 0.336 e. The summed E-state index contributed by atoms with van der Waals surface area (Å²) in [6.45, 7) is 1.42. The molecule has 0 spiro atoms. The Bertz CT molecular complexity index is 1290. The fraction of sp³-hybridized carbons (Fsp3) is 0.182. The van der Waals surface area contributed by atoms with Crippen molar-refractivity contribution in [3.63, 3.8) is 0 Å². The molecule has 9 heteroatoms. The number of rotatable bonds is 5. The number of carbonyl (C=O) groups excluding carboxylic acids is 1. The largest absolute Gasteiger partial charge is 0.423 e. The molecule has 2 heterocycles. The predicted molar refractivity (Wildman–Crippen MR) is 113 cm³/mol. The molecule has 2 aromatic carbocycles. The van der Waals surface area contributed by atoms with Gasteiger partial charge in [-0.1, -0.05) is 12.1 Å². The van der Waals surface area contributed by atoms with Gasteiger partial charge < -0.3 is 13.9 Å². The van der Waals surface area contributed by atoms with E-state index in [2.05, 4.69) is 0 Å². The molecule has 160 valence electrons. The molecule has 3 aromatic rings. The number of hydrogen-bond acceptors (Lipinski definition) is 7. The van der Waals surface area contributed by atoms with E-state index in [0.29, 0.717) is 42.8 Å². The minimum absolute atomic E-state index is 0.187. The van der Waals surface area contributed by atoms with Crippen molar-refractivity contribution >= 4 is 33.0 Å². The fourth-order valence-corrected chi connectivity index (χ4v) is 4.51. The van der Waals surface area contributed by atoms with Crippen molar-refractivity contribution in [1.29, 1.82) is 0 Å². The van der Waals surface area contributed by atoms with Gasteiger partial charge in [0.15, 0.2) is 0 Å². The first-order valence-corrected chi connectivity index (χ1v) is 11.0. The maximum absolute atomic E-state index is 12.6. The number of hydrogen-bond donors (Lipinski definition) is 0. The van der Waals surface area contributed by atoms with E-state index in [1.165, 1.54) is 40.7 Å². The zero-order valence-electron chi connectivity index (χ0n) is 16.4. The summed E-state index contributed by atoms with van der Waals surface area (Å²) in [6.07, 6.45) is 2.76. The van der Waals surface area contributed by atoms with Crippen LogP contribution in [0, 0.1) is 0 Å². The Labute approximate surface area is 178 Å². The molecule has 0 unspecified atom stereocenters. The van der Waals surface area contributed by atoms with Gasteiger partial charge in [-0.05, 0) is 42.0 Å². The molecule has 1 aliphatic rings. The summed E-state index contributed by atoms with van der Waals surface area (Å²) in [5, 5.41) is 0.710. The van der Waals surface area contributed by atoms with Crippen LogP contribution in [0.3, 0.4) is 0 Å². The van der Waals surface area contributed by atoms with Crippen LogP contribution in [0.15, 0.2) is 74.8 Å². The second-order valence-electron chi connectivity index (χ2n) is 6.79. The van der Waals surface area contributed by atoms with E-state index >= 15 is 0 Å². The highest BCUT2D eigenvalue weighted by atomic mass is 32.2. The average Bonchev–Trinajstić information content (AvgIpc) is 2.78. The molecular weight excluding hydrogens is 422 g/mol. The standard InChI is InChI=1S/C22H19NO7S/c24-21(29-18-6-4-17-5-10-22(25)30-20(17)15-18)9-3-16-1-7-19(8-2-16)31(26,27)23-11-13-28-14-12-23/h1-10,15H,11-14H2. The maximum Gasteiger partial charge on any atom is 0.336 e. The molecule has 0 aliphatic carbocycles. The number of morpholine rings is 1. The molecule has 1 fully saturated rings. The third-order valence-corrected chi connectivity index (χ3v) is 6.63. The van der Waals surface area contributed by atoms with Gasteiger partial charge in [-0.25, -0.2) is 18.0 Å². The van der Waals surface area contributed by atoms with Crippen molar-refractivity contribution in [2.45, 2.75) is 4.90 Å². The zero-order chi connectivity index (χ0) is 21.8. The highest BCUT2D eigenvalue weighted by Crippen LogP contribution is 2.20. The highest BCUT2D eigenvalue weighted by Gasteiger charge is 2.25. The average molecular weight is 441 g/mol. The van der Waals surface area contributed by atoms with Crippen LogP contribution in [0.25, 0.3) is 17.0 Å². The number of benzene rings is 2. The Kier molecular flexibility index (Phi) is 5.99. The molecule has 0 N–H and O–H groups in total. The summed E-state index contributed by atoms with van der Waals surface area (Å²) in [4.78, 5) is 23.6. The van der Waals surface area contributed by atoms with Crippen molar-refractivity contribution in [3.8, 4) is 5.75 Å². The van der Waals surface area contributed by atoms with Gasteiger partial charge in [0, 0.05) is 36.7 Å². The van der Waals surface area contributed by atoms with Crippen LogP contribution in [-0.4, -0.2) is 45.0 Å². The van der Waals surface area contributed by atoms with Crippen LogP contribution in [0.1, 0.15) is 5.56 Å². The fourth-order valence-electron chi connectivity index (χ4n) is 3.11. The first-order chi connectivity index (χ1) is 14.9. The molecule has 0 radical (unpaired) electrons. The monoisotopic (exact) mass is 441 g/mol. The Morgan fingerprint density at radius 1 is 1.00 bits per heavy atom. The van der Waals surface area contributed by atoms with E-state index in [4.69, 9.17) is 13.9 Å². The molecule has 0 bridgehead atoms. The van der Waals surface area contributed by atoms with E-state index in [1.54, 1.807) is 30.3 Å². The topological polar surface area (TPSA) is 103 Å². The summed E-state index contributed by atoms with van der Waals surface area (Å²) >= 11 is 0. The van der Waals surface area contributed by atoms with Crippen LogP contribution < -0.4 is 10.4 Å². The van der Waals surface area contributed by atoms with Crippen molar-refractivity contribution in [1.82, 2.24) is 4.31 Å². The van der Waals surface area contributed by atoms with Gasteiger partial charge in [-0.2, -0.15) is 4.31 Å². The van der Waals surface area contributed by atoms with Crippen LogP contribution >= 0.6 is 0 Å². The second-order valence-corrected chi connectivity index (χ2v) is 8.73. The van der Waals surface area contributed by atoms with Crippen LogP contribution in [-0.2, 0) is 19.6 Å². The van der Waals surface area contributed by atoms with E-state index in [1.807, 2.05) is 0 Å². The molecular formula is C22H19NO7S. The quantitative estimate of drug-likeness (QED) is 0.259. The minimum atomic E-state index is -3.57. The normalized spacial score (nSPS) is 15.4. The zero-order valence-corrected chi connectivity index (χ0v) is 17.2. The van der Waals surface area contributed by atoms with Crippen LogP contribution in [0.2, 0.25) is 0 Å². The maximum atomic E-state index is 12.6. The molecule has 4 rings (SSSR count). The number of ether oxygens (including phenoxy) is 2. The molecule has 1 saturated heterocycles. The third-order valence-electron chi connectivity index (χ3n) is 4.71. The van der Waals surface area contributed by atoms with Crippen molar-refractivity contribution < 1.29 is 27.1 Å². The number of esters is 1. The summed E-state index contributed by atoms with van der Waals surface area (Å²) in [6, 6.07) is 13.9. The SMILES string of the molecule is O=C(C=Cc1ccc(S(=O)(=O)N2CCOCC2)cc1)Oc1ccc2ccc(=O)oc2c1. The van der Waals surface area contributed by atoms with Crippen molar-refractivity contribution in [2.24, 2.45) is 0 Å². The number of fused-ring (bicyclic) bond motifs is 1. The van der Waals surface area contributed by atoms with Gasteiger partial charge in [-0.15, -0.1) is 0 Å². The molecule has 31 heavy (non-hydrogen) atoms. The van der Waals surface area contributed by atoms with Crippen LogP contribution in [0.4, 0.5) is 0 Å². The van der Waals surface area contributed by atoms with Crippen molar-refractivity contribution in [3.05, 3.63) is 76.7 Å². The van der Waals surface area contributed by atoms with Crippen molar-refractivity contribution in [2.75, 3.05) is 26.3 Å². The van der Waals surface area contributed by atoms with Gasteiger partial charge in [0.25, 0.3) is 0 Å². The van der Waals surface area contributed by atoms with E-state index in [0.717, 1.165) is 0 Å². The molecule has 0 atom stereocenters. The summed E-state index contributed by atoms with van der Waals surface area (Å²) in [5.41, 5.74) is 0.469.